The third-order valence-corrected chi connectivity index (χ3v) is 3.22. The van der Waals surface area contributed by atoms with E-state index < -0.39 is 0 Å². The summed E-state index contributed by atoms with van der Waals surface area (Å²) in [4.78, 5) is 4.55. The molecule has 2 heterocycles. The second-order valence-corrected chi connectivity index (χ2v) is 4.26. The molecule has 0 aliphatic rings. The van der Waals surface area contributed by atoms with Crippen LogP contribution >= 0.6 is 0 Å². The summed E-state index contributed by atoms with van der Waals surface area (Å²) in [6.45, 7) is 2.02. The molecule has 0 saturated carbocycles. The molecule has 0 unspecified atom stereocenters. The van der Waals surface area contributed by atoms with E-state index in [9.17, 15) is 0 Å². The fourth-order valence-corrected chi connectivity index (χ4v) is 2.14. The first kappa shape index (κ1) is 10.1. The summed E-state index contributed by atoms with van der Waals surface area (Å²) >= 11 is 0. The van der Waals surface area contributed by atoms with Gasteiger partial charge in [0.05, 0.1) is 16.7 Å². The maximum Gasteiger partial charge on any atom is 0.106 e. The van der Waals surface area contributed by atoms with Crippen LogP contribution in [0.1, 0.15) is 5.82 Å². The zero-order valence-corrected chi connectivity index (χ0v) is 10.2. The van der Waals surface area contributed by atoms with Crippen molar-refractivity contribution in [3.8, 4) is 11.3 Å². The number of hydrogen-bond acceptors (Lipinski definition) is 2. The van der Waals surface area contributed by atoms with Gasteiger partial charge in [0.2, 0.25) is 0 Å². The number of benzene rings is 1. The lowest BCUT2D eigenvalue weighted by atomic mass is 10.1. The lowest BCUT2D eigenvalue weighted by molar-refractivity contribution is 0.776. The van der Waals surface area contributed by atoms with Crippen LogP contribution in [0.5, 0.6) is 0 Å². The van der Waals surface area contributed by atoms with Crippen LogP contribution in [0.3, 0.4) is 0 Å². The molecule has 0 N–H and O–H groups in total. The Balaban J connectivity index is 2.24. The predicted molar refractivity (Wildman–Crippen MR) is 67.7 cm³/mol. The summed E-state index contributed by atoms with van der Waals surface area (Å²) in [5.41, 5.74) is 4.45. The first-order chi connectivity index (χ1) is 8.16. The SMILES string of the molecule is Cc1nc2cc(-c3ccnn3C)ccc2n1C. The Bertz CT molecular complexity index is 691. The zero-order valence-electron chi connectivity index (χ0n) is 10.2. The van der Waals surface area contributed by atoms with Gasteiger partial charge in [0.1, 0.15) is 5.82 Å². The van der Waals surface area contributed by atoms with Gasteiger partial charge >= 0.3 is 0 Å². The highest BCUT2D eigenvalue weighted by Crippen LogP contribution is 2.23. The van der Waals surface area contributed by atoms with Gasteiger partial charge in [0.25, 0.3) is 0 Å². The van der Waals surface area contributed by atoms with E-state index >= 15 is 0 Å². The number of aryl methyl sites for hydroxylation is 3. The molecule has 0 radical (unpaired) electrons. The predicted octanol–water partition coefficient (Wildman–Crippen LogP) is 2.28. The summed E-state index contributed by atoms with van der Waals surface area (Å²) in [5.74, 6) is 1.03. The minimum atomic E-state index is 1.03. The monoisotopic (exact) mass is 226 g/mol. The number of fused-ring (bicyclic) bond motifs is 1. The summed E-state index contributed by atoms with van der Waals surface area (Å²) in [6, 6.07) is 8.34. The standard InChI is InChI=1S/C13H14N4/c1-9-15-11-8-10(4-5-13(11)16(9)2)12-6-7-14-17(12)3/h4-8H,1-3H3. The summed E-state index contributed by atoms with van der Waals surface area (Å²) in [7, 11) is 3.98. The van der Waals surface area contributed by atoms with Gasteiger partial charge in [-0.05, 0) is 25.1 Å². The fraction of sp³-hybridized carbons (Fsp3) is 0.231. The largest absolute Gasteiger partial charge is 0.331 e. The molecule has 1 aromatic carbocycles. The van der Waals surface area contributed by atoms with Crippen LogP contribution in [0.2, 0.25) is 0 Å². The number of rotatable bonds is 1. The Morgan fingerprint density at radius 1 is 1.12 bits per heavy atom. The molecule has 4 nitrogen and oxygen atoms in total. The highest BCUT2D eigenvalue weighted by molar-refractivity contribution is 5.81. The molecule has 0 atom stereocenters. The fourth-order valence-electron chi connectivity index (χ4n) is 2.14. The van der Waals surface area contributed by atoms with E-state index in [0.29, 0.717) is 0 Å². The quantitative estimate of drug-likeness (QED) is 0.638. The Morgan fingerprint density at radius 2 is 1.94 bits per heavy atom. The molecular formula is C13H14N4. The van der Waals surface area contributed by atoms with Crippen LogP contribution < -0.4 is 0 Å². The summed E-state index contributed by atoms with van der Waals surface area (Å²) in [5, 5.41) is 4.19. The van der Waals surface area contributed by atoms with Gasteiger partial charge in [-0.15, -0.1) is 0 Å². The number of imidazole rings is 1. The van der Waals surface area contributed by atoms with Crippen molar-refractivity contribution in [2.75, 3.05) is 0 Å². The molecule has 0 spiro atoms. The lowest BCUT2D eigenvalue weighted by Crippen LogP contribution is -1.93. The molecule has 3 rings (SSSR count). The highest BCUT2D eigenvalue weighted by atomic mass is 15.3. The first-order valence-electron chi connectivity index (χ1n) is 5.58. The van der Waals surface area contributed by atoms with Gasteiger partial charge in [-0.25, -0.2) is 4.98 Å². The van der Waals surface area contributed by atoms with Crippen LogP contribution in [-0.4, -0.2) is 19.3 Å². The van der Waals surface area contributed by atoms with Gasteiger partial charge in [0, 0.05) is 25.9 Å². The molecule has 4 heteroatoms. The minimum Gasteiger partial charge on any atom is -0.331 e. The van der Waals surface area contributed by atoms with Gasteiger partial charge in [-0.2, -0.15) is 5.10 Å². The van der Waals surface area contributed by atoms with E-state index in [0.717, 1.165) is 28.1 Å². The first-order valence-corrected chi connectivity index (χ1v) is 5.58. The normalized spacial score (nSPS) is 11.2. The molecule has 0 amide bonds. The van der Waals surface area contributed by atoms with Crippen molar-refractivity contribution >= 4 is 11.0 Å². The maximum absolute atomic E-state index is 4.55. The zero-order chi connectivity index (χ0) is 12.0. The van der Waals surface area contributed by atoms with E-state index in [4.69, 9.17) is 0 Å². The van der Waals surface area contributed by atoms with Crippen molar-refractivity contribution < 1.29 is 0 Å². The maximum atomic E-state index is 4.55. The van der Waals surface area contributed by atoms with Crippen LogP contribution in [0, 0.1) is 6.92 Å². The van der Waals surface area contributed by atoms with E-state index in [1.807, 2.05) is 38.0 Å². The summed E-state index contributed by atoms with van der Waals surface area (Å²) < 4.78 is 3.97. The van der Waals surface area contributed by atoms with Crippen molar-refractivity contribution in [3.63, 3.8) is 0 Å². The van der Waals surface area contributed by atoms with E-state index in [-0.39, 0.29) is 0 Å². The van der Waals surface area contributed by atoms with Crippen LogP contribution in [-0.2, 0) is 14.1 Å². The van der Waals surface area contributed by atoms with E-state index in [2.05, 4.69) is 32.8 Å². The molecule has 3 aromatic rings. The molecule has 86 valence electrons. The van der Waals surface area contributed by atoms with Gasteiger partial charge < -0.3 is 4.57 Å². The van der Waals surface area contributed by atoms with Crippen molar-refractivity contribution in [1.82, 2.24) is 19.3 Å². The average molecular weight is 226 g/mol. The smallest absolute Gasteiger partial charge is 0.106 e. The molecule has 2 aromatic heterocycles. The third-order valence-electron chi connectivity index (χ3n) is 3.22. The van der Waals surface area contributed by atoms with Crippen molar-refractivity contribution in [1.29, 1.82) is 0 Å². The topological polar surface area (TPSA) is 35.6 Å². The van der Waals surface area contributed by atoms with Crippen LogP contribution in [0.25, 0.3) is 22.3 Å². The van der Waals surface area contributed by atoms with Gasteiger partial charge in [-0.1, -0.05) is 6.07 Å². The van der Waals surface area contributed by atoms with Crippen molar-refractivity contribution in [3.05, 3.63) is 36.3 Å². The van der Waals surface area contributed by atoms with E-state index in [1.165, 1.54) is 0 Å². The third kappa shape index (κ3) is 1.45. The highest BCUT2D eigenvalue weighted by Gasteiger charge is 2.07. The second kappa shape index (κ2) is 3.45. The van der Waals surface area contributed by atoms with Crippen molar-refractivity contribution in [2.24, 2.45) is 14.1 Å². The summed E-state index contributed by atoms with van der Waals surface area (Å²) in [6.07, 6.45) is 1.81. The Kier molecular flexibility index (Phi) is 2.04. The van der Waals surface area contributed by atoms with Gasteiger partial charge in [-0.3, -0.25) is 4.68 Å². The molecule has 0 saturated heterocycles. The number of aromatic nitrogens is 4. The lowest BCUT2D eigenvalue weighted by Gasteiger charge is -2.02. The molecular weight excluding hydrogens is 212 g/mol. The second-order valence-electron chi connectivity index (χ2n) is 4.26. The number of hydrogen-bond donors (Lipinski definition) is 0. The molecule has 0 aliphatic heterocycles. The molecule has 0 aliphatic carbocycles. The van der Waals surface area contributed by atoms with Crippen molar-refractivity contribution in [2.45, 2.75) is 6.92 Å². The molecule has 0 fully saturated rings. The minimum absolute atomic E-state index is 1.03. The van der Waals surface area contributed by atoms with Crippen LogP contribution in [0.15, 0.2) is 30.5 Å². The average Bonchev–Trinajstić information content (AvgIpc) is 2.84. The van der Waals surface area contributed by atoms with E-state index in [1.54, 1.807) is 0 Å². The van der Waals surface area contributed by atoms with Crippen LogP contribution in [0.4, 0.5) is 0 Å². The molecule has 0 bridgehead atoms. The molecule has 17 heavy (non-hydrogen) atoms. The Labute approximate surface area is 99.5 Å². The Morgan fingerprint density at radius 3 is 2.65 bits per heavy atom. The Hall–Kier alpha value is -2.10. The van der Waals surface area contributed by atoms with Gasteiger partial charge in [0.15, 0.2) is 0 Å². The number of nitrogens with zero attached hydrogens (tertiary/aromatic N) is 4.